The van der Waals surface area contributed by atoms with Gasteiger partial charge in [-0.2, -0.15) is 5.10 Å². The maximum Gasteiger partial charge on any atom is 0.203 e. The van der Waals surface area contributed by atoms with Crippen molar-refractivity contribution in [3.63, 3.8) is 0 Å². The zero-order valence-corrected chi connectivity index (χ0v) is 12.9. The first kappa shape index (κ1) is 14.7. The van der Waals surface area contributed by atoms with Gasteiger partial charge in [-0.05, 0) is 30.3 Å². The number of hydrogen-bond acceptors (Lipinski definition) is 4. The zero-order chi connectivity index (χ0) is 15.4. The van der Waals surface area contributed by atoms with Gasteiger partial charge in [-0.3, -0.25) is 5.43 Å². The van der Waals surface area contributed by atoms with Crippen molar-refractivity contribution >= 4 is 34.3 Å². The summed E-state index contributed by atoms with van der Waals surface area (Å²) in [6.07, 6.45) is 1.64. The lowest BCUT2D eigenvalue weighted by atomic mass is 10.2. The first-order valence-electron chi connectivity index (χ1n) is 6.47. The van der Waals surface area contributed by atoms with Crippen molar-refractivity contribution in [1.82, 2.24) is 4.98 Å². The molecule has 6 heteroatoms. The number of anilines is 1. The number of thiazole rings is 1. The molecule has 1 N–H and O–H groups in total. The van der Waals surface area contributed by atoms with E-state index in [0.717, 1.165) is 16.8 Å². The Labute approximate surface area is 136 Å². The maximum absolute atomic E-state index is 12.9. The molecule has 0 fully saturated rings. The summed E-state index contributed by atoms with van der Waals surface area (Å²) in [5.74, 6) is -0.262. The predicted octanol–water partition coefficient (Wildman–Crippen LogP) is 5.05. The molecule has 0 amide bonds. The number of nitrogens with zero attached hydrogens (tertiary/aromatic N) is 2. The normalized spacial score (nSPS) is 11.0. The highest BCUT2D eigenvalue weighted by Crippen LogP contribution is 2.25. The highest BCUT2D eigenvalue weighted by molar-refractivity contribution is 7.14. The van der Waals surface area contributed by atoms with Crippen LogP contribution in [0.2, 0.25) is 5.02 Å². The molecule has 0 saturated carbocycles. The van der Waals surface area contributed by atoms with Crippen LogP contribution in [0, 0.1) is 5.82 Å². The SMILES string of the molecule is Fc1ccc(-c2csc(N/N=C\c3ccccc3Cl)n2)cc1. The van der Waals surface area contributed by atoms with E-state index in [9.17, 15) is 4.39 Å². The average Bonchev–Trinajstić information content (AvgIpc) is 2.99. The number of rotatable bonds is 4. The van der Waals surface area contributed by atoms with Crippen molar-refractivity contribution in [3.05, 3.63) is 70.3 Å². The number of hydrogen-bond donors (Lipinski definition) is 1. The van der Waals surface area contributed by atoms with Gasteiger partial charge in [0.15, 0.2) is 0 Å². The van der Waals surface area contributed by atoms with Gasteiger partial charge in [-0.25, -0.2) is 9.37 Å². The number of halogens is 2. The Balaban J connectivity index is 1.70. The fraction of sp³-hybridized carbons (Fsp3) is 0. The van der Waals surface area contributed by atoms with Crippen molar-refractivity contribution in [2.24, 2.45) is 5.10 Å². The van der Waals surface area contributed by atoms with Gasteiger partial charge in [-0.1, -0.05) is 29.8 Å². The Morgan fingerprint density at radius 2 is 1.91 bits per heavy atom. The van der Waals surface area contributed by atoms with Gasteiger partial charge >= 0.3 is 0 Å². The molecule has 3 nitrogen and oxygen atoms in total. The third-order valence-corrected chi connectivity index (χ3v) is 4.00. The number of aromatic nitrogens is 1. The van der Waals surface area contributed by atoms with Gasteiger partial charge in [0, 0.05) is 21.5 Å². The monoisotopic (exact) mass is 331 g/mol. The Morgan fingerprint density at radius 3 is 2.68 bits per heavy atom. The van der Waals surface area contributed by atoms with Crippen LogP contribution >= 0.6 is 22.9 Å². The fourth-order valence-electron chi connectivity index (χ4n) is 1.82. The van der Waals surface area contributed by atoms with Crippen LogP contribution in [0.25, 0.3) is 11.3 Å². The smallest absolute Gasteiger partial charge is 0.203 e. The highest BCUT2D eigenvalue weighted by atomic mass is 35.5. The lowest BCUT2D eigenvalue weighted by Crippen LogP contribution is -1.90. The minimum atomic E-state index is -0.262. The first-order chi connectivity index (χ1) is 10.7. The summed E-state index contributed by atoms with van der Waals surface area (Å²) in [5.41, 5.74) is 5.33. The topological polar surface area (TPSA) is 37.3 Å². The van der Waals surface area contributed by atoms with Crippen molar-refractivity contribution in [1.29, 1.82) is 0 Å². The summed E-state index contributed by atoms with van der Waals surface area (Å²) in [7, 11) is 0. The van der Waals surface area contributed by atoms with Crippen LogP contribution in [-0.2, 0) is 0 Å². The molecular formula is C16H11ClFN3S. The van der Waals surface area contributed by atoms with Crippen LogP contribution in [0.5, 0.6) is 0 Å². The van der Waals surface area contributed by atoms with Gasteiger partial charge in [0.25, 0.3) is 0 Å². The molecule has 110 valence electrons. The van der Waals surface area contributed by atoms with E-state index >= 15 is 0 Å². The molecule has 1 heterocycles. The second kappa shape index (κ2) is 6.68. The van der Waals surface area contributed by atoms with Crippen molar-refractivity contribution in [3.8, 4) is 11.3 Å². The van der Waals surface area contributed by atoms with Crippen molar-refractivity contribution < 1.29 is 4.39 Å². The predicted molar refractivity (Wildman–Crippen MR) is 90.2 cm³/mol. The minimum Gasteiger partial charge on any atom is -0.253 e. The summed E-state index contributed by atoms with van der Waals surface area (Å²) in [4.78, 5) is 4.40. The van der Waals surface area contributed by atoms with Gasteiger partial charge in [-0.15, -0.1) is 11.3 Å². The molecule has 3 rings (SSSR count). The first-order valence-corrected chi connectivity index (χ1v) is 7.73. The molecule has 0 bridgehead atoms. The summed E-state index contributed by atoms with van der Waals surface area (Å²) in [5, 5.41) is 7.31. The van der Waals surface area contributed by atoms with Crippen LogP contribution in [-0.4, -0.2) is 11.2 Å². The van der Waals surface area contributed by atoms with E-state index in [4.69, 9.17) is 11.6 Å². The molecule has 22 heavy (non-hydrogen) atoms. The number of hydrazone groups is 1. The van der Waals surface area contributed by atoms with E-state index in [-0.39, 0.29) is 5.82 Å². The molecule has 0 aliphatic rings. The number of nitrogens with one attached hydrogen (secondary N) is 1. The molecule has 0 atom stereocenters. The molecule has 3 aromatic rings. The molecule has 0 spiro atoms. The largest absolute Gasteiger partial charge is 0.253 e. The van der Waals surface area contributed by atoms with Crippen molar-refractivity contribution in [2.75, 3.05) is 5.43 Å². The van der Waals surface area contributed by atoms with Crippen molar-refractivity contribution in [2.45, 2.75) is 0 Å². The fourth-order valence-corrected chi connectivity index (χ4v) is 2.67. The number of benzene rings is 2. The van der Waals surface area contributed by atoms with E-state index < -0.39 is 0 Å². The molecule has 0 aliphatic heterocycles. The van der Waals surface area contributed by atoms with Gasteiger partial charge in [0.1, 0.15) is 5.82 Å². The molecule has 0 unspecified atom stereocenters. The lowest BCUT2D eigenvalue weighted by Gasteiger charge is -1.97. The molecule has 0 radical (unpaired) electrons. The third-order valence-electron chi connectivity index (χ3n) is 2.91. The minimum absolute atomic E-state index is 0.262. The van der Waals surface area contributed by atoms with E-state index in [0.29, 0.717) is 10.2 Å². The summed E-state index contributed by atoms with van der Waals surface area (Å²) >= 11 is 7.47. The van der Waals surface area contributed by atoms with Gasteiger partial charge in [0.2, 0.25) is 5.13 Å². The molecule has 2 aromatic carbocycles. The highest BCUT2D eigenvalue weighted by Gasteiger charge is 2.04. The Kier molecular flexibility index (Phi) is 4.46. The third kappa shape index (κ3) is 3.50. The van der Waals surface area contributed by atoms with Crippen LogP contribution in [0.15, 0.2) is 59.0 Å². The van der Waals surface area contributed by atoms with Crippen LogP contribution in [0.1, 0.15) is 5.56 Å². The Morgan fingerprint density at radius 1 is 1.14 bits per heavy atom. The molecule has 0 aliphatic carbocycles. The van der Waals surface area contributed by atoms with E-state index in [2.05, 4.69) is 15.5 Å². The molecule has 1 aromatic heterocycles. The lowest BCUT2D eigenvalue weighted by molar-refractivity contribution is 0.628. The van der Waals surface area contributed by atoms with E-state index in [1.807, 2.05) is 23.6 Å². The van der Waals surface area contributed by atoms with Crippen LogP contribution < -0.4 is 5.43 Å². The Bertz CT molecular complexity index is 799. The summed E-state index contributed by atoms with van der Waals surface area (Å²) in [6, 6.07) is 13.7. The summed E-state index contributed by atoms with van der Waals surface area (Å²) in [6.45, 7) is 0. The van der Waals surface area contributed by atoms with E-state index in [1.165, 1.54) is 23.5 Å². The standard InChI is InChI=1S/C16H11ClFN3S/c17-14-4-2-1-3-12(14)9-19-21-16-20-15(10-22-16)11-5-7-13(18)8-6-11/h1-10H,(H,20,21)/b19-9-. The van der Waals surface area contributed by atoms with Crippen LogP contribution in [0.4, 0.5) is 9.52 Å². The zero-order valence-electron chi connectivity index (χ0n) is 11.3. The maximum atomic E-state index is 12.9. The summed E-state index contributed by atoms with van der Waals surface area (Å²) < 4.78 is 12.9. The van der Waals surface area contributed by atoms with Gasteiger partial charge < -0.3 is 0 Å². The van der Waals surface area contributed by atoms with Crippen LogP contribution in [0.3, 0.4) is 0 Å². The molecule has 0 saturated heterocycles. The van der Waals surface area contributed by atoms with Gasteiger partial charge in [0.05, 0.1) is 11.9 Å². The Hall–Kier alpha value is -2.24. The van der Waals surface area contributed by atoms with E-state index in [1.54, 1.807) is 24.4 Å². The second-order valence-corrected chi connectivity index (χ2v) is 5.70. The second-order valence-electron chi connectivity index (χ2n) is 4.44. The quantitative estimate of drug-likeness (QED) is 0.536. The molecular weight excluding hydrogens is 321 g/mol. The average molecular weight is 332 g/mol.